The predicted octanol–water partition coefficient (Wildman–Crippen LogP) is 1.50. The van der Waals surface area contributed by atoms with Crippen LogP contribution in [0.2, 0.25) is 0 Å². The second kappa shape index (κ2) is 9.09. The molecule has 1 aliphatic heterocycles. The minimum Gasteiger partial charge on any atom is -0.495 e. The molecule has 0 atom stereocenters. The van der Waals surface area contributed by atoms with E-state index in [1.54, 1.807) is 41.3 Å². The van der Waals surface area contributed by atoms with E-state index in [9.17, 15) is 18.8 Å². The van der Waals surface area contributed by atoms with E-state index >= 15 is 0 Å². The van der Waals surface area contributed by atoms with Crippen molar-refractivity contribution in [2.24, 2.45) is 0 Å². The number of methoxy groups -OCH3 is 1. The Balaban J connectivity index is 1.45. The predicted molar refractivity (Wildman–Crippen MR) is 118 cm³/mol. The Hall–Kier alpha value is -3.88. The molecule has 9 heteroatoms. The molecule has 3 aromatic rings. The lowest BCUT2D eigenvalue weighted by atomic mass is 10.2. The number of aromatic nitrogens is 2. The van der Waals surface area contributed by atoms with E-state index in [0.717, 1.165) is 10.3 Å². The van der Waals surface area contributed by atoms with Crippen LogP contribution in [-0.4, -0.2) is 53.2 Å². The van der Waals surface area contributed by atoms with Crippen LogP contribution < -0.4 is 20.8 Å². The van der Waals surface area contributed by atoms with Gasteiger partial charge in [-0.1, -0.05) is 12.1 Å². The second-order valence-electron chi connectivity index (χ2n) is 7.42. The number of halogens is 1. The highest BCUT2D eigenvalue weighted by Crippen LogP contribution is 2.20. The maximum Gasteiger partial charge on any atom is 0.321 e. The highest BCUT2D eigenvalue weighted by atomic mass is 19.1. The first-order valence-corrected chi connectivity index (χ1v) is 10.2. The number of hydrogen-bond donors (Lipinski definition) is 0. The van der Waals surface area contributed by atoms with Crippen LogP contribution in [-0.2, 0) is 11.3 Å². The van der Waals surface area contributed by atoms with Crippen molar-refractivity contribution in [2.45, 2.75) is 6.54 Å². The van der Waals surface area contributed by atoms with Gasteiger partial charge < -0.3 is 14.5 Å². The SMILES string of the molecule is COc1ccccc1-n1ccn(CC(=O)N2CCN(c3ccc(F)cc3)CC2)c(=O)c1=O. The van der Waals surface area contributed by atoms with E-state index in [1.807, 2.05) is 0 Å². The van der Waals surface area contributed by atoms with Gasteiger partial charge in [-0.2, -0.15) is 0 Å². The maximum atomic E-state index is 13.1. The van der Waals surface area contributed by atoms with Crippen molar-refractivity contribution in [2.75, 3.05) is 38.2 Å². The average Bonchev–Trinajstić information content (AvgIpc) is 2.83. The molecule has 1 fully saturated rings. The molecule has 1 amide bonds. The molecule has 0 aliphatic carbocycles. The van der Waals surface area contributed by atoms with Crippen LogP contribution in [0.4, 0.5) is 10.1 Å². The fourth-order valence-electron chi connectivity index (χ4n) is 3.76. The Kier molecular flexibility index (Phi) is 6.07. The van der Waals surface area contributed by atoms with Crippen LogP contribution in [0.1, 0.15) is 0 Å². The van der Waals surface area contributed by atoms with Crippen molar-refractivity contribution in [3.8, 4) is 11.4 Å². The van der Waals surface area contributed by atoms with Crippen LogP contribution in [0.15, 0.2) is 70.5 Å². The van der Waals surface area contributed by atoms with Gasteiger partial charge in [-0.15, -0.1) is 0 Å². The minimum atomic E-state index is -0.781. The smallest absolute Gasteiger partial charge is 0.321 e. The lowest BCUT2D eigenvalue weighted by molar-refractivity contribution is -0.132. The van der Waals surface area contributed by atoms with Gasteiger partial charge >= 0.3 is 11.1 Å². The topological polar surface area (TPSA) is 76.8 Å². The van der Waals surface area contributed by atoms with Crippen molar-refractivity contribution >= 4 is 11.6 Å². The summed E-state index contributed by atoms with van der Waals surface area (Å²) in [6.07, 6.45) is 2.89. The third kappa shape index (κ3) is 4.27. The lowest BCUT2D eigenvalue weighted by Crippen LogP contribution is -2.50. The van der Waals surface area contributed by atoms with Gasteiger partial charge in [0.2, 0.25) is 5.91 Å². The Bertz CT molecular complexity index is 1230. The van der Waals surface area contributed by atoms with Crippen LogP contribution in [0.25, 0.3) is 5.69 Å². The standard InChI is InChI=1S/C23H23FN4O4/c1-32-20-5-3-2-4-19(20)28-15-14-27(22(30)23(28)31)16-21(29)26-12-10-25(11-13-26)18-8-6-17(24)7-9-18/h2-9,14-15H,10-13,16H2,1H3. The van der Waals surface area contributed by atoms with E-state index in [1.165, 1.54) is 36.2 Å². The first kappa shape index (κ1) is 21.4. The molecule has 166 valence electrons. The van der Waals surface area contributed by atoms with Crippen molar-refractivity contribution in [1.29, 1.82) is 0 Å². The third-order valence-electron chi connectivity index (χ3n) is 5.53. The van der Waals surface area contributed by atoms with E-state index in [4.69, 9.17) is 4.74 Å². The Labute approximate surface area is 183 Å². The molecule has 4 rings (SSSR count). The van der Waals surface area contributed by atoms with E-state index in [2.05, 4.69) is 4.90 Å². The van der Waals surface area contributed by atoms with E-state index in [0.29, 0.717) is 37.6 Å². The van der Waals surface area contributed by atoms with Crippen molar-refractivity contribution < 1.29 is 13.9 Å². The molecule has 0 saturated carbocycles. The monoisotopic (exact) mass is 438 g/mol. The minimum absolute atomic E-state index is 0.211. The van der Waals surface area contributed by atoms with Gasteiger partial charge in [-0.3, -0.25) is 23.5 Å². The number of nitrogens with zero attached hydrogens (tertiary/aromatic N) is 4. The highest BCUT2D eigenvalue weighted by molar-refractivity contribution is 5.76. The molecule has 1 aliphatic rings. The number of carbonyl (C=O) groups excluding carboxylic acids is 1. The number of benzene rings is 2. The summed E-state index contributed by atoms with van der Waals surface area (Å²) in [6, 6.07) is 13.1. The first-order valence-electron chi connectivity index (χ1n) is 10.2. The fraction of sp³-hybridized carbons (Fsp3) is 0.261. The first-order chi connectivity index (χ1) is 15.5. The summed E-state index contributed by atoms with van der Waals surface area (Å²) in [7, 11) is 1.49. The zero-order chi connectivity index (χ0) is 22.7. The summed E-state index contributed by atoms with van der Waals surface area (Å²) >= 11 is 0. The molecule has 32 heavy (non-hydrogen) atoms. The molecule has 0 bridgehead atoms. The van der Waals surface area contributed by atoms with Gasteiger partial charge in [0, 0.05) is 44.3 Å². The number of ether oxygens (including phenoxy) is 1. The summed E-state index contributed by atoms with van der Waals surface area (Å²) in [5, 5.41) is 0. The number of piperazine rings is 1. The molecule has 1 saturated heterocycles. The Morgan fingerprint density at radius 3 is 2.31 bits per heavy atom. The lowest BCUT2D eigenvalue weighted by Gasteiger charge is -2.36. The van der Waals surface area contributed by atoms with Crippen LogP contribution >= 0.6 is 0 Å². The second-order valence-corrected chi connectivity index (χ2v) is 7.42. The summed E-state index contributed by atoms with van der Waals surface area (Å²) in [4.78, 5) is 41.8. The quantitative estimate of drug-likeness (QED) is 0.565. The maximum absolute atomic E-state index is 13.1. The zero-order valence-corrected chi connectivity index (χ0v) is 17.6. The largest absolute Gasteiger partial charge is 0.495 e. The van der Waals surface area contributed by atoms with E-state index < -0.39 is 11.1 Å². The van der Waals surface area contributed by atoms with Gasteiger partial charge in [-0.25, -0.2) is 4.39 Å². The van der Waals surface area contributed by atoms with Crippen molar-refractivity contribution in [1.82, 2.24) is 14.0 Å². The van der Waals surface area contributed by atoms with Crippen LogP contribution in [0.3, 0.4) is 0 Å². The fourth-order valence-corrected chi connectivity index (χ4v) is 3.76. The molecule has 1 aromatic heterocycles. The molecule has 8 nitrogen and oxygen atoms in total. The number of carbonyl (C=O) groups is 1. The molecule has 0 unspecified atom stereocenters. The molecule has 2 heterocycles. The molecule has 0 N–H and O–H groups in total. The van der Waals surface area contributed by atoms with Gasteiger partial charge in [-0.05, 0) is 36.4 Å². The summed E-state index contributed by atoms with van der Waals surface area (Å²) in [5.74, 6) is -0.0669. The molecular weight excluding hydrogens is 415 g/mol. The molecule has 0 spiro atoms. The van der Waals surface area contributed by atoms with Crippen molar-refractivity contribution in [3.05, 3.63) is 87.4 Å². The number of amides is 1. The molecule has 0 radical (unpaired) electrons. The summed E-state index contributed by atoms with van der Waals surface area (Å²) in [6.45, 7) is 1.94. The average molecular weight is 438 g/mol. The molecular formula is C23H23FN4O4. The zero-order valence-electron chi connectivity index (χ0n) is 17.6. The number of para-hydroxylation sites is 2. The number of hydrogen-bond acceptors (Lipinski definition) is 5. The molecule has 2 aromatic carbocycles. The summed E-state index contributed by atoms with van der Waals surface area (Å²) in [5.41, 5.74) is -0.190. The van der Waals surface area contributed by atoms with Gasteiger partial charge in [0.05, 0.1) is 12.8 Å². The highest BCUT2D eigenvalue weighted by Gasteiger charge is 2.22. The van der Waals surface area contributed by atoms with Gasteiger partial charge in [0.1, 0.15) is 18.1 Å². The normalized spacial score (nSPS) is 13.8. The number of anilines is 1. The van der Waals surface area contributed by atoms with Crippen molar-refractivity contribution in [3.63, 3.8) is 0 Å². The van der Waals surface area contributed by atoms with Gasteiger partial charge in [0.15, 0.2) is 0 Å². The Morgan fingerprint density at radius 1 is 0.938 bits per heavy atom. The Morgan fingerprint density at radius 2 is 1.62 bits per heavy atom. The number of rotatable bonds is 5. The van der Waals surface area contributed by atoms with Crippen LogP contribution in [0, 0.1) is 5.82 Å². The third-order valence-corrected chi connectivity index (χ3v) is 5.53. The van der Waals surface area contributed by atoms with E-state index in [-0.39, 0.29) is 18.3 Å². The van der Waals surface area contributed by atoms with Gasteiger partial charge in [0.25, 0.3) is 0 Å². The van der Waals surface area contributed by atoms with Crippen LogP contribution in [0.5, 0.6) is 5.75 Å². The summed E-state index contributed by atoms with van der Waals surface area (Å²) < 4.78 is 20.7.